The largest absolute Gasteiger partial charge is 0.463 e. The Morgan fingerprint density at radius 2 is 1.11 bits per heavy atom. The van der Waals surface area contributed by atoms with Gasteiger partial charge in [-0.25, -0.2) is 0 Å². The van der Waals surface area contributed by atoms with Crippen molar-refractivity contribution in [2.75, 3.05) is 19.8 Å². The van der Waals surface area contributed by atoms with Crippen LogP contribution in [-0.2, 0) is 47.6 Å². The van der Waals surface area contributed by atoms with Gasteiger partial charge < -0.3 is 85.6 Å². The van der Waals surface area contributed by atoms with E-state index in [4.69, 9.17) is 52.9 Å². The highest BCUT2D eigenvalue weighted by Crippen LogP contribution is 2.29. The van der Waals surface area contributed by atoms with E-state index in [2.05, 4.69) is 36.6 Å². The summed E-state index contributed by atoms with van der Waals surface area (Å²) in [6, 6.07) is -4.24. The van der Waals surface area contributed by atoms with E-state index < -0.39 is 135 Å². The lowest BCUT2D eigenvalue weighted by Gasteiger charge is -2.46. The number of nitrogens with one attached hydrogen (secondary N) is 5. The fourth-order valence-corrected chi connectivity index (χ4v) is 6.40. The van der Waals surface area contributed by atoms with E-state index in [-0.39, 0.29) is 10.2 Å². The number of carbonyl (C=O) groups excluding carboxylic acids is 4. The fraction of sp³-hybridized carbons (Fsp3) is 0.786. The maximum absolute atomic E-state index is 12.1. The van der Waals surface area contributed by atoms with Crippen LogP contribution in [0.4, 0.5) is 0 Å². The minimum atomic E-state index is -1.73. The number of aliphatic hydroxyl groups excluding tert-OH is 6. The molecule has 0 aromatic carbocycles. The third-order valence-electron chi connectivity index (χ3n) is 8.24. The van der Waals surface area contributed by atoms with Crippen molar-refractivity contribution in [2.45, 2.75) is 119 Å². The lowest BCUT2D eigenvalue weighted by atomic mass is 9.94. The molecule has 0 aromatic rings. The third-order valence-corrected chi connectivity index (χ3v) is 8.72. The third kappa shape index (κ3) is 11.6. The molecule has 304 valence electrons. The van der Waals surface area contributed by atoms with Crippen molar-refractivity contribution in [3.05, 3.63) is 10.4 Å². The maximum Gasteiger partial charge on any atom is 0.303 e. The topological polar surface area (TPSA) is 354 Å². The Balaban J connectivity index is 1.81. The molecule has 3 aliphatic rings. The Kier molecular flexibility index (Phi) is 16.7. The highest BCUT2D eigenvalue weighted by molar-refractivity contribution is 7.80. The molecule has 0 radical (unpaired) electrons. The molecule has 15 atom stereocenters. The normalized spacial score (nSPS) is 36.2. The van der Waals surface area contributed by atoms with Gasteiger partial charge in [0, 0.05) is 32.6 Å². The first-order valence-electron chi connectivity index (χ1n) is 16.3. The molecule has 3 saturated heterocycles. The minimum absolute atomic E-state index is 0.333. The summed E-state index contributed by atoms with van der Waals surface area (Å²) in [5.41, 5.74) is 9.32. The number of carbonyl (C=O) groups is 4. The Bertz CT molecular complexity index is 1430. The number of thiocarbonyl (C=S) groups is 2. The lowest BCUT2D eigenvalue weighted by molar-refractivity contribution is -0.219. The molecule has 3 fully saturated rings. The van der Waals surface area contributed by atoms with Crippen LogP contribution in [0.3, 0.4) is 0 Å². The van der Waals surface area contributed by atoms with E-state index in [0.29, 0.717) is 0 Å². The Labute approximate surface area is 317 Å². The molecule has 3 rings (SSSR count). The lowest BCUT2D eigenvalue weighted by Crippen LogP contribution is -2.72. The van der Waals surface area contributed by atoms with Crippen LogP contribution in [0.5, 0.6) is 0 Å². The predicted octanol–water partition coefficient (Wildman–Crippen LogP) is -5.50. The van der Waals surface area contributed by atoms with Crippen molar-refractivity contribution >= 4 is 58.5 Å². The monoisotopic (exact) mass is 812 g/mol. The van der Waals surface area contributed by atoms with E-state index in [0.717, 1.165) is 27.7 Å². The average Bonchev–Trinajstić information content (AvgIpc) is 3.08. The van der Waals surface area contributed by atoms with Crippen molar-refractivity contribution in [3.8, 4) is 0 Å². The Morgan fingerprint density at radius 3 is 1.54 bits per heavy atom. The summed E-state index contributed by atoms with van der Waals surface area (Å²) >= 11 is 10.7. The first-order valence-corrected chi connectivity index (χ1v) is 17.1. The van der Waals surface area contributed by atoms with E-state index in [1.165, 1.54) is 0 Å². The highest BCUT2D eigenvalue weighted by atomic mass is 32.1. The van der Waals surface area contributed by atoms with Gasteiger partial charge in [-0.2, -0.15) is 0 Å². The molecule has 0 aliphatic carbocycles. The summed E-state index contributed by atoms with van der Waals surface area (Å²) in [7, 11) is 0. The summed E-state index contributed by atoms with van der Waals surface area (Å²) in [5.74, 6) is -3.01. The van der Waals surface area contributed by atoms with Crippen LogP contribution in [0.25, 0.3) is 10.4 Å². The maximum atomic E-state index is 12.1. The summed E-state index contributed by atoms with van der Waals surface area (Å²) in [4.78, 5) is 50.0. The first kappa shape index (κ1) is 44.6. The second-order valence-corrected chi connectivity index (χ2v) is 13.1. The van der Waals surface area contributed by atoms with Crippen LogP contribution in [0.1, 0.15) is 27.7 Å². The minimum Gasteiger partial charge on any atom is -0.463 e. The number of azide groups is 1. The second kappa shape index (κ2) is 20.2. The summed E-state index contributed by atoms with van der Waals surface area (Å²) in [5, 5.41) is 79.3. The summed E-state index contributed by atoms with van der Waals surface area (Å²) < 4.78 is 32.6. The molecule has 0 bridgehead atoms. The number of hydrogen-bond donors (Lipinski definition) is 11. The average molecular weight is 813 g/mol. The molecule has 0 unspecified atom stereocenters. The Morgan fingerprint density at radius 1 is 0.667 bits per heavy atom. The second-order valence-electron chi connectivity index (χ2n) is 12.2. The SMILES string of the molecule is CC(=O)N[C@@H]1O[C@H](CO)[C@@H](O)[C@H](NC(=S)N[C@@H]2O[C@H](CO)[C@@H](O)[C@H](NC(=S)N[C@@H]3O[C@H](COC(C)=O)[C@@H](OC(C)=O)[C@H](N=[N+]=[N-])[C@H]3OC(C)=O)[C@H]2O)[C@H]1O. The summed E-state index contributed by atoms with van der Waals surface area (Å²) in [6.45, 7) is 2.39. The van der Waals surface area contributed by atoms with Gasteiger partial charge in [-0.05, 0) is 30.0 Å². The number of hydrogen-bond acceptors (Lipinski definition) is 19. The van der Waals surface area contributed by atoms with Gasteiger partial charge in [-0.3, -0.25) is 19.2 Å². The molecular weight excluding hydrogens is 768 g/mol. The fourth-order valence-electron chi connectivity index (χ4n) is 5.90. The predicted molar refractivity (Wildman–Crippen MR) is 184 cm³/mol. The quantitative estimate of drug-likeness (QED) is 0.0219. The van der Waals surface area contributed by atoms with Gasteiger partial charge >= 0.3 is 17.9 Å². The van der Waals surface area contributed by atoms with Crippen molar-refractivity contribution in [2.24, 2.45) is 5.11 Å². The molecule has 26 heteroatoms. The zero-order valence-electron chi connectivity index (χ0n) is 29.2. The van der Waals surface area contributed by atoms with Gasteiger partial charge in [0.05, 0.1) is 25.3 Å². The van der Waals surface area contributed by atoms with Crippen LogP contribution in [0.15, 0.2) is 5.11 Å². The van der Waals surface area contributed by atoms with Gasteiger partial charge in [-0.1, -0.05) is 5.11 Å². The molecule has 11 N–H and O–H groups in total. The molecule has 3 aliphatic heterocycles. The highest BCUT2D eigenvalue weighted by Gasteiger charge is 2.51. The number of esters is 3. The number of ether oxygens (including phenoxy) is 6. The number of amides is 1. The number of nitrogens with zero attached hydrogens (tertiary/aromatic N) is 3. The van der Waals surface area contributed by atoms with Crippen molar-refractivity contribution in [1.29, 1.82) is 0 Å². The molecule has 54 heavy (non-hydrogen) atoms. The van der Waals surface area contributed by atoms with E-state index in [9.17, 15) is 55.3 Å². The van der Waals surface area contributed by atoms with Crippen molar-refractivity contribution in [3.63, 3.8) is 0 Å². The molecular formula is C28H44N8O16S2. The molecule has 0 saturated carbocycles. The van der Waals surface area contributed by atoms with Gasteiger partial charge in [0.15, 0.2) is 35.0 Å². The first-order chi connectivity index (χ1) is 25.4. The van der Waals surface area contributed by atoms with Gasteiger partial charge in [0.1, 0.15) is 61.5 Å². The standard InChI is InChI=1S/C28H44N8O16S2/c1-8(39)30-24-20(45)15(18(43)12(5-37)50-24)31-27(53)33-25-21(46)16(19(44)13(6-38)51-25)32-28(54)34-26-23(49-11(4)42)17(35-36-29)22(48-10(3)41)14(52-26)7-47-9(2)40/h12-26,37-38,43-46H,5-7H2,1-4H3,(H,30,39)(H2,31,33,53)(H2,32,34,54)/t12-,13-,14-,15+,16+,17+,18-,19-,20-,21-,22-,23-,24-,25-,26-/m1/s1. The van der Waals surface area contributed by atoms with E-state index in [1.807, 2.05) is 0 Å². The number of rotatable bonds is 12. The Hall–Kier alpha value is -3.79. The molecule has 0 aromatic heterocycles. The van der Waals surface area contributed by atoms with Crippen molar-refractivity contribution < 1.29 is 78.2 Å². The van der Waals surface area contributed by atoms with Crippen LogP contribution in [0, 0.1) is 0 Å². The zero-order valence-corrected chi connectivity index (χ0v) is 30.8. The van der Waals surface area contributed by atoms with E-state index >= 15 is 0 Å². The van der Waals surface area contributed by atoms with Gasteiger partial charge in [0.25, 0.3) is 0 Å². The molecule has 3 heterocycles. The number of aliphatic hydroxyl groups is 6. The van der Waals surface area contributed by atoms with Crippen LogP contribution >= 0.6 is 24.4 Å². The van der Waals surface area contributed by atoms with Gasteiger partial charge in [0.2, 0.25) is 5.91 Å². The van der Waals surface area contributed by atoms with E-state index in [1.54, 1.807) is 0 Å². The van der Waals surface area contributed by atoms with Gasteiger partial charge in [-0.15, -0.1) is 0 Å². The van der Waals surface area contributed by atoms with Crippen molar-refractivity contribution in [1.82, 2.24) is 26.6 Å². The zero-order chi connectivity index (χ0) is 40.4. The van der Waals surface area contributed by atoms with Crippen LogP contribution < -0.4 is 26.6 Å². The molecule has 24 nitrogen and oxygen atoms in total. The molecule has 0 spiro atoms. The van der Waals surface area contributed by atoms with Crippen LogP contribution in [0.2, 0.25) is 0 Å². The smallest absolute Gasteiger partial charge is 0.303 e. The van der Waals surface area contributed by atoms with Crippen LogP contribution in [-0.4, -0.2) is 176 Å². The molecule has 1 amide bonds. The summed E-state index contributed by atoms with van der Waals surface area (Å²) in [6.07, 6.45) is -17.7.